The number of aryl methyl sites for hydroxylation is 1. The largest absolute Gasteiger partial charge is 0.510 e. The van der Waals surface area contributed by atoms with Crippen molar-refractivity contribution in [1.82, 2.24) is 14.1 Å². The number of hydrogen-bond donors (Lipinski definition) is 0. The van der Waals surface area contributed by atoms with Crippen molar-refractivity contribution in [2.45, 2.75) is 39.5 Å². The van der Waals surface area contributed by atoms with E-state index in [0.29, 0.717) is 46.9 Å². The van der Waals surface area contributed by atoms with E-state index in [9.17, 15) is 0 Å². The van der Waals surface area contributed by atoms with Crippen LogP contribution >= 0.6 is 0 Å². The molecule has 0 aliphatic rings. The van der Waals surface area contributed by atoms with Crippen LogP contribution in [0.25, 0.3) is 72.3 Å². The van der Waals surface area contributed by atoms with Crippen LogP contribution in [-0.2, 0) is 21.1 Å². The monoisotopic (exact) mass is 968 g/mol. The molecule has 0 atom stereocenters. The van der Waals surface area contributed by atoms with Gasteiger partial charge in [0.25, 0.3) is 6.33 Å². The van der Waals surface area contributed by atoms with E-state index in [1.54, 1.807) is 45.7 Å². The van der Waals surface area contributed by atoms with Crippen LogP contribution in [0, 0.1) is 25.4 Å². The molecule has 0 spiro atoms. The maximum atomic E-state index is 9.17. The van der Waals surface area contributed by atoms with Gasteiger partial charge in [0.05, 0.1) is 30.4 Å². The summed E-state index contributed by atoms with van der Waals surface area (Å²) in [5.41, 5.74) is 5.12. The molecule has 5 nitrogen and oxygen atoms in total. The molecule has 3 aromatic heterocycles. The molecule has 296 valence electrons. The van der Waals surface area contributed by atoms with E-state index in [2.05, 4.69) is 24.5 Å². The average Bonchev–Trinajstić information content (AvgIpc) is 3.93. The summed E-state index contributed by atoms with van der Waals surface area (Å²) in [5.74, 6) is 0.636. The number of hydrogen-bond acceptors (Lipinski definition) is 2. The van der Waals surface area contributed by atoms with Gasteiger partial charge in [-0.05, 0) is 88.3 Å². The summed E-state index contributed by atoms with van der Waals surface area (Å²) < 4.78 is 108. The molecule has 0 saturated carbocycles. The SMILES string of the molecule is [2H]c1c([2H])c([2H])c(-c2cccc(-c3c([2H])c([2H])c([2H])c([2H])c3[2H])c2-[n+]2[c-]n(-c3[c-]c(Oc4[c-]c5c(cc4)c4ccccc4n5-c4cc(C([2H])(CC)CC)ccn4)ccc3)c3cccc(C)c32)c([2H])c1[2H].[Pt]. The number of para-hydroxylation sites is 3. The Kier molecular flexibility index (Phi) is 7.75. The number of ether oxygens (including phenoxy) is 1. The zero-order valence-corrected chi connectivity index (χ0v) is 35.1. The summed E-state index contributed by atoms with van der Waals surface area (Å²) in [4.78, 5) is 4.78. The maximum Gasteiger partial charge on any atom is 0.268 e. The number of pyridine rings is 1. The molecule has 0 amide bonds. The molecular weight excluding hydrogens is 916 g/mol. The van der Waals surface area contributed by atoms with Crippen LogP contribution in [0.3, 0.4) is 0 Å². The summed E-state index contributed by atoms with van der Waals surface area (Å²) in [7, 11) is 0. The quantitative estimate of drug-likeness (QED) is 0.101. The number of nitrogens with zero attached hydrogens (tertiary/aromatic N) is 4. The minimum absolute atomic E-state index is 0. The number of benzene rings is 7. The number of imidazole rings is 1. The van der Waals surface area contributed by atoms with E-state index in [1.165, 1.54) is 0 Å². The van der Waals surface area contributed by atoms with Crippen molar-refractivity contribution in [2.24, 2.45) is 0 Å². The molecule has 3 heterocycles. The molecule has 0 fully saturated rings. The Hall–Kier alpha value is -6.55. The molecule has 0 bridgehead atoms. The average molecular weight is 969 g/mol. The summed E-state index contributed by atoms with van der Waals surface area (Å²) in [5, 5.41) is 1.95. The van der Waals surface area contributed by atoms with Crippen LogP contribution in [0.15, 0.2) is 170 Å². The van der Waals surface area contributed by atoms with Crippen LogP contribution in [0.4, 0.5) is 0 Å². The van der Waals surface area contributed by atoms with Crippen LogP contribution in [0.5, 0.6) is 11.5 Å². The Bertz CT molecular complexity index is 3650. The third-order valence-corrected chi connectivity index (χ3v) is 10.7. The third-order valence-electron chi connectivity index (χ3n) is 10.7. The number of aromatic nitrogens is 4. The fraction of sp³-hybridized carbons (Fsp3) is 0.111. The summed E-state index contributed by atoms with van der Waals surface area (Å²) in [6.45, 7) is 5.92. The van der Waals surface area contributed by atoms with E-state index in [4.69, 9.17) is 24.8 Å². The Morgan fingerprint density at radius 2 is 1.38 bits per heavy atom. The van der Waals surface area contributed by atoms with E-state index >= 15 is 0 Å². The van der Waals surface area contributed by atoms with Gasteiger partial charge in [-0.25, -0.2) is 4.98 Å². The zero-order chi connectivity index (χ0) is 49.5. The molecule has 0 unspecified atom stereocenters. The van der Waals surface area contributed by atoms with Crippen LogP contribution in [-0.4, -0.2) is 14.1 Å². The molecule has 0 saturated heterocycles. The summed E-state index contributed by atoms with van der Waals surface area (Å²) >= 11 is 0. The fourth-order valence-corrected chi connectivity index (χ4v) is 7.96. The van der Waals surface area contributed by atoms with Crippen molar-refractivity contribution in [2.75, 3.05) is 0 Å². The predicted molar refractivity (Wildman–Crippen MR) is 239 cm³/mol. The molecular formula is C54H42N4OPt-2. The first-order valence-corrected chi connectivity index (χ1v) is 19.4. The molecule has 60 heavy (non-hydrogen) atoms. The van der Waals surface area contributed by atoms with Gasteiger partial charge in [0.1, 0.15) is 5.82 Å². The normalized spacial score (nSPS) is 14.2. The van der Waals surface area contributed by atoms with Crippen molar-refractivity contribution in [3.63, 3.8) is 0 Å². The molecule has 0 aliphatic heterocycles. The van der Waals surface area contributed by atoms with E-state index in [0.717, 1.165) is 32.9 Å². The molecule has 10 aromatic rings. The molecule has 7 aromatic carbocycles. The van der Waals surface area contributed by atoms with Gasteiger partial charge >= 0.3 is 0 Å². The second-order valence-electron chi connectivity index (χ2n) is 14.1. The summed E-state index contributed by atoms with van der Waals surface area (Å²) in [6, 6.07) is 33.1. The van der Waals surface area contributed by atoms with Gasteiger partial charge in [-0.3, -0.25) is 4.57 Å². The van der Waals surface area contributed by atoms with Gasteiger partial charge in [0.2, 0.25) is 0 Å². The van der Waals surface area contributed by atoms with E-state index in [-0.39, 0.29) is 49.0 Å². The van der Waals surface area contributed by atoms with Crippen molar-refractivity contribution in [3.8, 4) is 50.9 Å². The maximum absolute atomic E-state index is 9.17. The predicted octanol–water partition coefficient (Wildman–Crippen LogP) is 13.1. The van der Waals surface area contributed by atoms with Crippen LogP contribution in [0.2, 0.25) is 0 Å². The minimum Gasteiger partial charge on any atom is -0.510 e. The Morgan fingerprint density at radius 3 is 2.12 bits per heavy atom. The van der Waals surface area contributed by atoms with Gasteiger partial charge in [0, 0.05) is 45.6 Å². The fourth-order valence-electron chi connectivity index (χ4n) is 7.96. The smallest absolute Gasteiger partial charge is 0.268 e. The summed E-state index contributed by atoms with van der Waals surface area (Å²) in [6.07, 6.45) is 6.47. The third kappa shape index (κ3) is 6.93. The second kappa shape index (κ2) is 16.6. The standard InChI is InChI=1S/C54H42N4O.Pt/c1-4-38(5-2)41-31-32-55-52(33-41)58-49-27-13-12-24-47(49)48-30-29-44(35-51(48)58)59-43-23-15-22-42(34-43)56-36-57(53-37(3)17-14-28-50(53)56)54-45(39-18-8-6-9-19-39)25-16-26-46(54)40-20-10-7-11-21-40;/h6-33,38H,4-5H2,1-3H3;/q-2;/i6D,7D,8D,9D,10D,11D,18D,19D,20D,21D,38D;. The van der Waals surface area contributed by atoms with Crippen molar-refractivity contribution in [3.05, 3.63) is 199 Å². The number of rotatable bonds is 10. The van der Waals surface area contributed by atoms with Crippen LogP contribution < -0.4 is 9.30 Å². The molecule has 0 N–H and O–H groups in total. The van der Waals surface area contributed by atoms with Gasteiger partial charge in [-0.1, -0.05) is 134 Å². The molecule has 6 heteroatoms. The first-order valence-electron chi connectivity index (χ1n) is 24.9. The number of fused-ring (bicyclic) bond motifs is 4. The van der Waals surface area contributed by atoms with Gasteiger partial charge in [-0.15, -0.1) is 29.7 Å². The minimum atomic E-state index is -0.768. The van der Waals surface area contributed by atoms with Crippen LogP contribution in [0.1, 0.15) is 58.8 Å². The molecule has 10 rings (SSSR count). The van der Waals surface area contributed by atoms with Crippen molar-refractivity contribution in [1.29, 1.82) is 0 Å². The first kappa shape index (κ1) is 28.0. The van der Waals surface area contributed by atoms with Crippen molar-refractivity contribution >= 4 is 32.8 Å². The second-order valence-corrected chi connectivity index (χ2v) is 14.1. The van der Waals surface area contributed by atoms with Gasteiger partial charge < -0.3 is 13.9 Å². The van der Waals surface area contributed by atoms with Gasteiger partial charge in [0.15, 0.2) is 0 Å². The van der Waals surface area contributed by atoms with Gasteiger partial charge in [-0.2, -0.15) is 18.2 Å². The molecule has 0 aliphatic carbocycles. The topological polar surface area (TPSA) is 35.9 Å². The zero-order valence-electron chi connectivity index (χ0n) is 43.8. The molecule has 0 radical (unpaired) electrons. The Balaban J connectivity index is 0.00000624. The van der Waals surface area contributed by atoms with E-state index in [1.807, 2.05) is 92.1 Å². The van der Waals surface area contributed by atoms with E-state index < -0.39 is 66.3 Å². The Labute approximate surface area is 380 Å². The van der Waals surface area contributed by atoms with Crippen molar-refractivity contribution < 1.29 is 45.4 Å². The first-order chi connectivity index (χ1) is 33.6. The Morgan fingerprint density at radius 1 is 0.717 bits per heavy atom.